The van der Waals surface area contributed by atoms with Crippen LogP contribution in [0.4, 0.5) is 0 Å². The van der Waals surface area contributed by atoms with E-state index in [0.717, 1.165) is 29.6 Å². The van der Waals surface area contributed by atoms with Gasteiger partial charge in [0.25, 0.3) is 0 Å². The van der Waals surface area contributed by atoms with Gasteiger partial charge in [-0.05, 0) is 47.8 Å². The van der Waals surface area contributed by atoms with E-state index in [-0.39, 0.29) is 0 Å². The van der Waals surface area contributed by atoms with E-state index in [9.17, 15) is 0 Å². The maximum atomic E-state index is 2.50. The summed E-state index contributed by atoms with van der Waals surface area (Å²) in [5.74, 6) is 4.67. The molecule has 0 aromatic heterocycles. The largest absolute Gasteiger partial charge is 0.0654 e. The van der Waals surface area contributed by atoms with Crippen molar-refractivity contribution < 1.29 is 0 Å². The summed E-state index contributed by atoms with van der Waals surface area (Å²) in [4.78, 5) is 0. The van der Waals surface area contributed by atoms with Crippen molar-refractivity contribution in [3.05, 3.63) is 0 Å². The van der Waals surface area contributed by atoms with Gasteiger partial charge < -0.3 is 0 Å². The minimum Gasteiger partial charge on any atom is -0.0654 e. The third-order valence-corrected chi connectivity index (χ3v) is 5.67. The SMILES string of the molecule is CCCC(C)C(CCC(C)C(C)C)C1CC1(C)C. The van der Waals surface area contributed by atoms with Gasteiger partial charge in [-0.1, -0.05) is 67.7 Å². The minimum absolute atomic E-state index is 0.647. The standard InChI is InChI=1S/C18H36/c1-8-9-15(5)16(17-12-18(17,6)7)11-10-14(4)13(2)3/h13-17H,8-12H2,1-7H3. The van der Waals surface area contributed by atoms with Crippen LogP contribution in [-0.4, -0.2) is 0 Å². The Morgan fingerprint density at radius 2 is 1.50 bits per heavy atom. The molecule has 18 heavy (non-hydrogen) atoms. The van der Waals surface area contributed by atoms with Gasteiger partial charge >= 0.3 is 0 Å². The van der Waals surface area contributed by atoms with Crippen LogP contribution in [0.3, 0.4) is 0 Å². The topological polar surface area (TPSA) is 0 Å². The van der Waals surface area contributed by atoms with Gasteiger partial charge in [-0.15, -0.1) is 0 Å². The van der Waals surface area contributed by atoms with E-state index in [0.29, 0.717) is 5.41 Å². The normalized spacial score (nSPS) is 27.0. The first kappa shape index (κ1) is 16.1. The molecule has 0 aromatic carbocycles. The fraction of sp³-hybridized carbons (Fsp3) is 1.00. The Kier molecular flexibility index (Phi) is 5.74. The maximum Gasteiger partial charge on any atom is -0.0320 e. The molecule has 1 aliphatic carbocycles. The van der Waals surface area contributed by atoms with Gasteiger partial charge in [0.05, 0.1) is 0 Å². The average molecular weight is 252 g/mol. The van der Waals surface area contributed by atoms with E-state index in [4.69, 9.17) is 0 Å². The average Bonchev–Trinajstić information content (AvgIpc) is 2.87. The summed E-state index contributed by atoms with van der Waals surface area (Å²) in [6, 6.07) is 0. The summed E-state index contributed by atoms with van der Waals surface area (Å²) < 4.78 is 0. The molecule has 1 rings (SSSR count). The van der Waals surface area contributed by atoms with E-state index in [2.05, 4.69) is 48.5 Å². The molecule has 1 aliphatic rings. The van der Waals surface area contributed by atoms with Crippen LogP contribution in [0.2, 0.25) is 0 Å². The van der Waals surface area contributed by atoms with Gasteiger partial charge in [0.2, 0.25) is 0 Å². The second-order valence-electron chi connectivity index (χ2n) is 8.03. The van der Waals surface area contributed by atoms with Crippen molar-refractivity contribution in [2.75, 3.05) is 0 Å². The predicted molar refractivity (Wildman–Crippen MR) is 82.7 cm³/mol. The lowest BCUT2D eigenvalue weighted by Gasteiger charge is -2.27. The molecule has 0 N–H and O–H groups in total. The molecule has 108 valence electrons. The maximum absolute atomic E-state index is 2.50. The minimum atomic E-state index is 0.647. The summed E-state index contributed by atoms with van der Waals surface area (Å²) in [5, 5.41) is 0. The zero-order chi connectivity index (χ0) is 13.9. The molecule has 0 aromatic rings. The van der Waals surface area contributed by atoms with Crippen LogP contribution in [-0.2, 0) is 0 Å². The molecule has 0 aliphatic heterocycles. The first-order valence-corrected chi connectivity index (χ1v) is 8.29. The molecule has 0 saturated heterocycles. The van der Waals surface area contributed by atoms with E-state index in [1.807, 2.05) is 0 Å². The van der Waals surface area contributed by atoms with E-state index in [1.54, 1.807) is 0 Å². The zero-order valence-electron chi connectivity index (χ0n) is 13.9. The van der Waals surface area contributed by atoms with Crippen molar-refractivity contribution in [1.29, 1.82) is 0 Å². The van der Waals surface area contributed by atoms with E-state index in [1.165, 1.54) is 32.1 Å². The molecule has 0 radical (unpaired) electrons. The summed E-state index contributed by atoms with van der Waals surface area (Å²) in [6.07, 6.45) is 7.15. The van der Waals surface area contributed by atoms with Crippen molar-refractivity contribution in [1.82, 2.24) is 0 Å². The quantitative estimate of drug-likeness (QED) is 0.485. The zero-order valence-corrected chi connectivity index (χ0v) is 13.9. The fourth-order valence-corrected chi connectivity index (χ4v) is 3.58. The molecule has 1 fully saturated rings. The second-order valence-corrected chi connectivity index (χ2v) is 8.03. The van der Waals surface area contributed by atoms with Gasteiger partial charge in [0.1, 0.15) is 0 Å². The monoisotopic (exact) mass is 252 g/mol. The molecule has 4 unspecified atom stereocenters. The van der Waals surface area contributed by atoms with Crippen LogP contribution in [0.5, 0.6) is 0 Å². The molecule has 0 heterocycles. The summed E-state index contributed by atoms with van der Waals surface area (Å²) in [6.45, 7) is 17.0. The van der Waals surface area contributed by atoms with Crippen LogP contribution in [0.1, 0.15) is 80.6 Å². The number of hydrogen-bond donors (Lipinski definition) is 0. The lowest BCUT2D eigenvalue weighted by atomic mass is 9.78. The molecule has 0 bridgehead atoms. The number of hydrogen-bond acceptors (Lipinski definition) is 0. The molecule has 0 nitrogen and oxygen atoms in total. The van der Waals surface area contributed by atoms with Crippen LogP contribution >= 0.6 is 0 Å². The Labute approximate surface area is 116 Å². The summed E-state index contributed by atoms with van der Waals surface area (Å²) in [7, 11) is 0. The fourth-order valence-electron chi connectivity index (χ4n) is 3.58. The Bertz CT molecular complexity index is 238. The van der Waals surface area contributed by atoms with Crippen molar-refractivity contribution in [3.8, 4) is 0 Å². The van der Waals surface area contributed by atoms with E-state index < -0.39 is 0 Å². The Morgan fingerprint density at radius 1 is 0.944 bits per heavy atom. The van der Waals surface area contributed by atoms with Gasteiger partial charge in [-0.25, -0.2) is 0 Å². The highest BCUT2D eigenvalue weighted by atomic mass is 14.6. The van der Waals surface area contributed by atoms with Crippen LogP contribution < -0.4 is 0 Å². The second kappa shape index (κ2) is 6.44. The van der Waals surface area contributed by atoms with Gasteiger partial charge in [-0.3, -0.25) is 0 Å². The molecule has 4 atom stereocenters. The molecular formula is C18H36. The third kappa shape index (κ3) is 4.28. The highest BCUT2D eigenvalue weighted by molar-refractivity contribution is 4.99. The van der Waals surface area contributed by atoms with Crippen LogP contribution in [0.25, 0.3) is 0 Å². The van der Waals surface area contributed by atoms with Crippen molar-refractivity contribution >= 4 is 0 Å². The molecule has 0 spiro atoms. The summed E-state index contributed by atoms with van der Waals surface area (Å²) in [5.41, 5.74) is 0.647. The first-order chi connectivity index (χ1) is 8.29. The third-order valence-electron chi connectivity index (χ3n) is 5.67. The predicted octanol–water partition coefficient (Wildman–Crippen LogP) is 6.16. The Morgan fingerprint density at radius 3 is 1.89 bits per heavy atom. The molecule has 0 amide bonds. The molecule has 1 saturated carbocycles. The number of rotatable bonds is 8. The van der Waals surface area contributed by atoms with E-state index >= 15 is 0 Å². The van der Waals surface area contributed by atoms with Gasteiger partial charge in [-0.2, -0.15) is 0 Å². The lowest BCUT2D eigenvalue weighted by molar-refractivity contribution is 0.226. The van der Waals surface area contributed by atoms with Crippen molar-refractivity contribution in [2.24, 2.45) is 35.0 Å². The summed E-state index contributed by atoms with van der Waals surface area (Å²) >= 11 is 0. The highest BCUT2D eigenvalue weighted by Gasteiger charge is 2.50. The van der Waals surface area contributed by atoms with Crippen LogP contribution in [0.15, 0.2) is 0 Å². The lowest BCUT2D eigenvalue weighted by Crippen LogP contribution is -2.18. The van der Waals surface area contributed by atoms with Gasteiger partial charge in [0.15, 0.2) is 0 Å². The van der Waals surface area contributed by atoms with Crippen molar-refractivity contribution in [3.63, 3.8) is 0 Å². The first-order valence-electron chi connectivity index (χ1n) is 8.29. The molecule has 0 heteroatoms. The van der Waals surface area contributed by atoms with Crippen LogP contribution in [0, 0.1) is 35.0 Å². The highest BCUT2D eigenvalue weighted by Crippen LogP contribution is 2.59. The van der Waals surface area contributed by atoms with Gasteiger partial charge in [0, 0.05) is 0 Å². The molecular weight excluding hydrogens is 216 g/mol. The Hall–Kier alpha value is 0. The van der Waals surface area contributed by atoms with Crippen molar-refractivity contribution in [2.45, 2.75) is 80.6 Å². The Balaban J connectivity index is 2.51. The smallest absolute Gasteiger partial charge is 0.0320 e.